The summed E-state index contributed by atoms with van der Waals surface area (Å²) in [5.74, 6) is 1.32. The van der Waals surface area contributed by atoms with Gasteiger partial charge in [0.15, 0.2) is 0 Å². The van der Waals surface area contributed by atoms with E-state index in [-0.39, 0.29) is 24.4 Å². The molecule has 20 heavy (non-hydrogen) atoms. The highest BCUT2D eigenvalue weighted by Gasteiger charge is 2.39. The van der Waals surface area contributed by atoms with Gasteiger partial charge in [-0.2, -0.15) is 0 Å². The van der Waals surface area contributed by atoms with Crippen LogP contribution in [0.5, 0.6) is 5.75 Å². The molecule has 5 heteroatoms. The Kier molecular flexibility index (Phi) is 4.55. The second-order valence-corrected chi connectivity index (χ2v) is 5.64. The molecule has 1 fully saturated rings. The van der Waals surface area contributed by atoms with E-state index in [1.165, 1.54) is 0 Å². The number of nitrogens with one attached hydrogen (secondary N) is 1. The van der Waals surface area contributed by atoms with Crippen LogP contribution in [-0.4, -0.2) is 37.0 Å². The monoisotopic (exact) mass is 296 g/mol. The molecule has 2 heterocycles. The van der Waals surface area contributed by atoms with Crippen molar-refractivity contribution in [2.45, 2.75) is 19.9 Å². The van der Waals surface area contributed by atoms with Crippen molar-refractivity contribution in [1.29, 1.82) is 0 Å². The molecule has 0 spiro atoms. The second kappa shape index (κ2) is 6.02. The van der Waals surface area contributed by atoms with E-state index in [1.54, 1.807) is 0 Å². The molecule has 110 valence electrons. The Morgan fingerprint density at radius 2 is 2.25 bits per heavy atom. The molecule has 1 aromatic rings. The van der Waals surface area contributed by atoms with Gasteiger partial charge in [0, 0.05) is 19.6 Å². The van der Waals surface area contributed by atoms with Crippen molar-refractivity contribution in [2.75, 3.05) is 26.2 Å². The molecule has 4 nitrogen and oxygen atoms in total. The second-order valence-electron chi connectivity index (χ2n) is 5.64. The standard InChI is InChI=1S/C15H20N2O2.ClH/c1-10(2)9-19-13-5-3-4-11-12-8-16-6-7-17(12)15(18)14(11)13;/h3-5,10,12,16H,6-9H2,1-2H3;1H. The topological polar surface area (TPSA) is 41.6 Å². The van der Waals surface area contributed by atoms with Crippen LogP contribution in [0.25, 0.3) is 0 Å². The van der Waals surface area contributed by atoms with Gasteiger partial charge in [-0.1, -0.05) is 26.0 Å². The molecule has 1 N–H and O–H groups in total. The van der Waals surface area contributed by atoms with E-state index in [4.69, 9.17) is 4.74 Å². The maximum atomic E-state index is 12.5. The molecule has 2 aliphatic rings. The number of benzene rings is 1. The number of carbonyl (C=O) groups is 1. The van der Waals surface area contributed by atoms with E-state index in [0.29, 0.717) is 12.5 Å². The summed E-state index contributed by atoms with van der Waals surface area (Å²) in [5, 5.41) is 3.35. The van der Waals surface area contributed by atoms with Gasteiger partial charge in [-0.3, -0.25) is 4.79 Å². The minimum Gasteiger partial charge on any atom is -0.492 e. The summed E-state index contributed by atoms with van der Waals surface area (Å²) < 4.78 is 5.82. The van der Waals surface area contributed by atoms with Crippen LogP contribution in [0, 0.1) is 5.92 Å². The highest BCUT2D eigenvalue weighted by molar-refractivity contribution is 6.02. The van der Waals surface area contributed by atoms with Gasteiger partial charge >= 0.3 is 0 Å². The molecule has 3 rings (SSSR count). The Hall–Kier alpha value is -1.26. The van der Waals surface area contributed by atoms with Crippen molar-refractivity contribution in [3.05, 3.63) is 29.3 Å². The third-order valence-corrected chi connectivity index (χ3v) is 3.71. The average molecular weight is 297 g/mol. The molecule has 1 atom stereocenters. The molecule has 0 radical (unpaired) electrons. The zero-order valence-electron chi connectivity index (χ0n) is 11.9. The Morgan fingerprint density at radius 1 is 1.45 bits per heavy atom. The number of rotatable bonds is 3. The van der Waals surface area contributed by atoms with Crippen LogP contribution < -0.4 is 10.1 Å². The molecule has 1 aromatic carbocycles. The van der Waals surface area contributed by atoms with Crippen LogP contribution in [0.15, 0.2) is 18.2 Å². The van der Waals surface area contributed by atoms with E-state index in [1.807, 2.05) is 23.1 Å². The molecule has 1 unspecified atom stereocenters. The zero-order valence-corrected chi connectivity index (χ0v) is 12.7. The van der Waals surface area contributed by atoms with E-state index in [9.17, 15) is 4.79 Å². The normalized spacial score (nSPS) is 20.4. The fraction of sp³-hybridized carbons (Fsp3) is 0.533. The Bertz CT molecular complexity index is 505. The first-order valence-electron chi connectivity index (χ1n) is 6.96. The fourth-order valence-corrected chi connectivity index (χ4v) is 2.80. The van der Waals surface area contributed by atoms with E-state index >= 15 is 0 Å². The maximum Gasteiger partial charge on any atom is 0.258 e. The molecule has 2 aliphatic heterocycles. The van der Waals surface area contributed by atoms with Crippen LogP contribution >= 0.6 is 12.4 Å². The van der Waals surface area contributed by atoms with Gasteiger partial charge in [0.1, 0.15) is 5.75 Å². The lowest BCUT2D eigenvalue weighted by Crippen LogP contribution is -2.44. The zero-order chi connectivity index (χ0) is 13.4. The Labute approximate surface area is 125 Å². The molecular weight excluding hydrogens is 276 g/mol. The van der Waals surface area contributed by atoms with Crippen LogP contribution in [0.1, 0.15) is 35.8 Å². The average Bonchev–Trinajstić information content (AvgIpc) is 2.71. The highest BCUT2D eigenvalue weighted by Crippen LogP contribution is 2.39. The summed E-state index contributed by atoms with van der Waals surface area (Å²) in [6, 6.07) is 6.12. The molecule has 1 saturated heterocycles. The van der Waals surface area contributed by atoms with Crippen molar-refractivity contribution in [3.8, 4) is 5.75 Å². The molecular formula is C15H21ClN2O2. The lowest BCUT2D eigenvalue weighted by molar-refractivity contribution is 0.0688. The molecule has 1 amide bonds. The summed E-state index contributed by atoms with van der Waals surface area (Å²) in [4.78, 5) is 14.5. The van der Waals surface area contributed by atoms with Crippen LogP contribution in [0.3, 0.4) is 0 Å². The largest absolute Gasteiger partial charge is 0.492 e. The number of hydrogen-bond donors (Lipinski definition) is 1. The first-order valence-corrected chi connectivity index (χ1v) is 6.96. The number of hydrogen-bond acceptors (Lipinski definition) is 3. The number of fused-ring (bicyclic) bond motifs is 3. The SMILES string of the molecule is CC(C)COc1cccc2c1C(=O)N1CCNCC21.Cl. The fourth-order valence-electron chi connectivity index (χ4n) is 2.80. The lowest BCUT2D eigenvalue weighted by atomic mass is 10.0. The predicted molar refractivity (Wildman–Crippen MR) is 80.7 cm³/mol. The summed E-state index contributed by atoms with van der Waals surface area (Å²) in [7, 11) is 0. The molecule has 0 aromatic heterocycles. The van der Waals surface area contributed by atoms with Gasteiger partial charge in [-0.25, -0.2) is 0 Å². The van der Waals surface area contributed by atoms with Crippen LogP contribution in [0.4, 0.5) is 0 Å². The van der Waals surface area contributed by atoms with Gasteiger partial charge in [0.05, 0.1) is 18.2 Å². The maximum absolute atomic E-state index is 12.5. The number of ether oxygens (including phenoxy) is 1. The van der Waals surface area contributed by atoms with Crippen molar-refractivity contribution in [2.24, 2.45) is 5.92 Å². The number of halogens is 1. The third-order valence-electron chi connectivity index (χ3n) is 3.71. The summed E-state index contributed by atoms with van der Waals surface area (Å²) >= 11 is 0. The predicted octanol–water partition coefficient (Wildman–Crippen LogP) is 2.24. The van der Waals surface area contributed by atoms with E-state index < -0.39 is 0 Å². The number of carbonyl (C=O) groups excluding carboxylic acids is 1. The Balaban J connectivity index is 0.00000147. The van der Waals surface area contributed by atoms with Gasteiger partial charge in [-0.15, -0.1) is 12.4 Å². The number of nitrogens with zero attached hydrogens (tertiary/aromatic N) is 1. The van der Waals surface area contributed by atoms with Crippen LogP contribution in [-0.2, 0) is 0 Å². The first kappa shape index (κ1) is 15.1. The van der Waals surface area contributed by atoms with Crippen molar-refractivity contribution < 1.29 is 9.53 Å². The smallest absolute Gasteiger partial charge is 0.258 e. The molecule has 0 aliphatic carbocycles. The summed E-state index contributed by atoms with van der Waals surface area (Å²) in [5.41, 5.74) is 1.88. The minimum atomic E-state index is 0. The van der Waals surface area contributed by atoms with Crippen molar-refractivity contribution in [1.82, 2.24) is 10.2 Å². The summed E-state index contributed by atoms with van der Waals surface area (Å²) in [6.45, 7) is 7.36. The number of piperazine rings is 1. The van der Waals surface area contributed by atoms with Gasteiger partial charge < -0.3 is 15.0 Å². The lowest BCUT2D eigenvalue weighted by Gasteiger charge is -2.30. The van der Waals surface area contributed by atoms with Crippen molar-refractivity contribution in [3.63, 3.8) is 0 Å². The van der Waals surface area contributed by atoms with Gasteiger partial charge in [0.25, 0.3) is 5.91 Å². The van der Waals surface area contributed by atoms with E-state index in [0.717, 1.165) is 36.5 Å². The van der Waals surface area contributed by atoms with Gasteiger partial charge in [-0.05, 0) is 17.5 Å². The molecule has 0 bridgehead atoms. The quantitative estimate of drug-likeness (QED) is 0.930. The summed E-state index contributed by atoms with van der Waals surface area (Å²) in [6.07, 6.45) is 0. The molecule has 0 saturated carbocycles. The highest BCUT2D eigenvalue weighted by atomic mass is 35.5. The Morgan fingerprint density at radius 3 is 3.00 bits per heavy atom. The minimum absolute atomic E-state index is 0. The number of amides is 1. The first-order chi connectivity index (χ1) is 9.18. The third kappa shape index (κ3) is 2.50. The van der Waals surface area contributed by atoms with Crippen molar-refractivity contribution >= 4 is 18.3 Å². The van der Waals surface area contributed by atoms with E-state index in [2.05, 4.69) is 19.2 Å². The van der Waals surface area contributed by atoms with Crippen LogP contribution in [0.2, 0.25) is 0 Å². The van der Waals surface area contributed by atoms with Gasteiger partial charge in [0.2, 0.25) is 0 Å².